The molecule has 1 heterocycles. The van der Waals surface area contributed by atoms with E-state index >= 15 is 0 Å². The average molecular weight is 334 g/mol. The summed E-state index contributed by atoms with van der Waals surface area (Å²) in [4.78, 5) is 8.50. The van der Waals surface area contributed by atoms with Crippen LogP contribution in [0.4, 0.5) is 10.2 Å². The van der Waals surface area contributed by atoms with E-state index in [-0.39, 0.29) is 11.5 Å². The third-order valence-corrected chi connectivity index (χ3v) is 3.63. The van der Waals surface area contributed by atoms with Crippen molar-refractivity contribution in [2.24, 2.45) is 4.99 Å². The van der Waals surface area contributed by atoms with Crippen LogP contribution in [-0.2, 0) is 6.54 Å². The molecule has 0 aliphatic carbocycles. The van der Waals surface area contributed by atoms with Crippen LogP contribution >= 0.6 is 0 Å². The maximum absolute atomic E-state index is 13.0. The molecule has 0 fully saturated rings. The van der Waals surface area contributed by atoms with Crippen LogP contribution in [0.3, 0.4) is 0 Å². The maximum atomic E-state index is 13.0. The normalized spacial score (nSPS) is 10.8. The zero-order valence-corrected chi connectivity index (χ0v) is 13.6. The van der Waals surface area contributed by atoms with Crippen LogP contribution in [0.15, 0.2) is 59.9 Å². The van der Waals surface area contributed by atoms with E-state index < -0.39 is 0 Å². The van der Waals surface area contributed by atoms with Crippen LogP contribution in [-0.4, -0.2) is 22.9 Å². The molecule has 0 atom stereocenters. The third-order valence-electron chi connectivity index (χ3n) is 3.63. The molecule has 5 nitrogen and oxygen atoms in total. The van der Waals surface area contributed by atoms with E-state index in [2.05, 4.69) is 9.98 Å². The highest BCUT2D eigenvalue weighted by molar-refractivity contribution is 5.82. The van der Waals surface area contributed by atoms with Gasteiger partial charge in [-0.25, -0.2) is 14.4 Å². The molecule has 0 bridgehead atoms. The van der Waals surface area contributed by atoms with Gasteiger partial charge >= 0.3 is 0 Å². The number of imidazole rings is 1. The second kappa shape index (κ2) is 7.41. The van der Waals surface area contributed by atoms with E-state index in [1.807, 2.05) is 30.3 Å². The third kappa shape index (κ3) is 3.90. The summed E-state index contributed by atoms with van der Waals surface area (Å²) in [6.45, 7) is 0.449. The van der Waals surface area contributed by atoms with Crippen LogP contribution < -0.4 is 4.74 Å². The predicted octanol–water partition coefficient (Wildman–Crippen LogP) is 3.70. The standard InChI is InChI=1S/C19H15FN4O/c1-25-17-8-4-14(5-9-17)11-22-19-18(10-21)23-13-24(19)12-15-2-6-16(20)7-3-15/h2-9,11,13H,12H2,1H3. The van der Waals surface area contributed by atoms with Gasteiger partial charge < -0.3 is 9.30 Å². The highest BCUT2D eigenvalue weighted by Crippen LogP contribution is 2.20. The SMILES string of the molecule is COc1ccc(C=Nc2c(C#N)ncn2Cc2ccc(F)cc2)cc1. The molecule has 0 spiro atoms. The first-order chi connectivity index (χ1) is 12.2. The lowest BCUT2D eigenvalue weighted by Gasteiger charge is -2.05. The Bertz CT molecular complexity index is 922. The number of nitriles is 1. The van der Waals surface area contributed by atoms with Gasteiger partial charge in [0.25, 0.3) is 0 Å². The number of benzene rings is 2. The summed E-state index contributed by atoms with van der Waals surface area (Å²) < 4.78 is 19.9. The zero-order chi connectivity index (χ0) is 17.6. The minimum absolute atomic E-state index is 0.242. The smallest absolute Gasteiger partial charge is 0.185 e. The van der Waals surface area contributed by atoms with Gasteiger partial charge in [-0.05, 0) is 47.5 Å². The van der Waals surface area contributed by atoms with Crippen LogP contribution in [0.2, 0.25) is 0 Å². The Kier molecular flexibility index (Phi) is 4.86. The number of hydrogen-bond acceptors (Lipinski definition) is 4. The molecule has 25 heavy (non-hydrogen) atoms. The number of aromatic nitrogens is 2. The molecule has 0 amide bonds. The van der Waals surface area contributed by atoms with Gasteiger partial charge in [0.1, 0.15) is 17.6 Å². The van der Waals surface area contributed by atoms with Crippen LogP contribution in [0, 0.1) is 17.1 Å². The van der Waals surface area contributed by atoms with Crippen molar-refractivity contribution in [1.29, 1.82) is 5.26 Å². The zero-order valence-electron chi connectivity index (χ0n) is 13.6. The van der Waals surface area contributed by atoms with Gasteiger partial charge in [-0.1, -0.05) is 12.1 Å². The molecule has 124 valence electrons. The molecule has 2 aromatic carbocycles. The number of rotatable bonds is 5. The van der Waals surface area contributed by atoms with Crippen LogP contribution in [0.5, 0.6) is 5.75 Å². The fraction of sp³-hybridized carbons (Fsp3) is 0.105. The Labute approximate surface area is 144 Å². The number of methoxy groups -OCH3 is 1. The second-order valence-electron chi connectivity index (χ2n) is 5.31. The molecule has 3 rings (SSSR count). The van der Waals surface area contributed by atoms with Gasteiger partial charge in [0.2, 0.25) is 0 Å². The second-order valence-corrected chi connectivity index (χ2v) is 5.31. The van der Waals surface area contributed by atoms with Crippen molar-refractivity contribution in [3.05, 3.63) is 77.5 Å². The van der Waals surface area contributed by atoms with E-state index in [4.69, 9.17) is 4.74 Å². The molecule has 3 aromatic rings. The van der Waals surface area contributed by atoms with Gasteiger partial charge in [0, 0.05) is 6.21 Å². The summed E-state index contributed by atoms with van der Waals surface area (Å²) in [5.74, 6) is 0.934. The summed E-state index contributed by atoms with van der Waals surface area (Å²) in [7, 11) is 1.61. The first kappa shape index (κ1) is 16.4. The lowest BCUT2D eigenvalue weighted by Crippen LogP contribution is -1.98. The van der Waals surface area contributed by atoms with Crippen molar-refractivity contribution in [3.8, 4) is 11.8 Å². The first-order valence-electron chi connectivity index (χ1n) is 7.57. The summed E-state index contributed by atoms with van der Waals surface area (Å²) >= 11 is 0. The number of halogens is 1. The molecular weight excluding hydrogens is 319 g/mol. The Morgan fingerprint density at radius 1 is 1.20 bits per heavy atom. The van der Waals surface area contributed by atoms with E-state index in [0.717, 1.165) is 16.9 Å². The molecule has 0 radical (unpaired) electrons. The summed E-state index contributed by atoms with van der Waals surface area (Å²) in [6, 6.07) is 15.6. The number of aliphatic imine (C=N–C) groups is 1. The quantitative estimate of drug-likeness (QED) is 0.668. The highest BCUT2D eigenvalue weighted by Gasteiger charge is 2.10. The summed E-state index contributed by atoms with van der Waals surface area (Å²) in [6.07, 6.45) is 3.22. The van der Waals surface area contributed by atoms with Crippen molar-refractivity contribution in [2.45, 2.75) is 6.54 Å². The number of nitrogens with zero attached hydrogens (tertiary/aromatic N) is 4. The number of ether oxygens (including phenoxy) is 1. The Hall–Kier alpha value is -3.46. The first-order valence-corrected chi connectivity index (χ1v) is 7.57. The molecular formula is C19H15FN4O. The lowest BCUT2D eigenvalue weighted by atomic mass is 10.2. The van der Waals surface area contributed by atoms with Gasteiger partial charge in [0.15, 0.2) is 11.5 Å². The number of hydrogen-bond donors (Lipinski definition) is 0. The minimum atomic E-state index is -0.287. The molecule has 0 unspecified atom stereocenters. The molecule has 0 aliphatic rings. The van der Waals surface area contributed by atoms with Gasteiger partial charge in [-0.3, -0.25) is 0 Å². The fourth-order valence-electron chi connectivity index (χ4n) is 2.32. The van der Waals surface area contributed by atoms with Gasteiger partial charge in [-0.15, -0.1) is 0 Å². The lowest BCUT2D eigenvalue weighted by molar-refractivity contribution is 0.415. The molecule has 1 aromatic heterocycles. The monoisotopic (exact) mass is 334 g/mol. The van der Waals surface area contributed by atoms with Crippen molar-refractivity contribution >= 4 is 12.0 Å². The summed E-state index contributed by atoms with van der Waals surface area (Å²) in [5, 5.41) is 9.23. The molecule has 6 heteroatoms. The predicted molar refractivity (Wildman–Crippen MR) is 92.7 cm³/mol. The van der Waals surface area contributed by atoms with Gasteiger partial charge in [-0.2, -0.15) is 5.26 Å². The van der Waals surface area contributed by atoms with Crippen molar-refractivity contribution < 1.29 is 9.13 Å². The molecule has 0 N–H and O–H groups in total. The maximum Gasteiger partial charge on any atom is 0.185 e. The fourth-order valence-corrected chi connectivity index (χ4v) is 2.32. The van der Waals surface area contributed by atoms with E-state index in [1.54, 1.807) is 36.4 Å². The van der Waals surface area contributed by atoms with E-state index in [9.17, 15) is 9.65 Å². The Balaban J connectivity index is 1.86. The van der Waals surface area contributed by atoms with Crippen LogP contribution in [0.1, 0.15) is 16.8 Å². The largest absolute Gasteiger partial charge is 0.497 e. The Morgan fingerprint density at radius 2 is 1.92 bits per heavy atom. The van der Waals surface area contributed by atoms with Crippen molar-refractivity contribution in [3.63, 3.8) is 0 Å². The van der Waals surface area contributed by atoms with E-state index in [0.29, 0.717) is 12.4 Å². The van der Waals surface area contributed by atoms with Crippen LogP contribution in [0.25, 0.3) is 0 Å². The molecule has 0 aliphatic heterocycles. The highest BCUT2D eigenvalue weighted by atomic mass is 19.1. The molecule has 0 saturated carbocycles. The topological polar surface area (TPSA) is 63.2 Å². The van der Waals surface area contributed by atoms with Crippen molar-refractivity contribution in [1.82, 2.24) is 9.55 Å². The summed E-state index contributed by atoms with van der Waals surface area (Å²) in [5.41, 5.74) is 2.01. The average Bonchev–Trinajstić information content (AvgIpc) is 3.04. The van der Waals surface area contributed by atoms with E-state index in [1.165, 1.54) is 12.1 Å². The van der Waals surface area contributed by atoms with Crippen molar-refractivity contribution in [2.75, 3.05) is 7.11 Å². The molecule has 0 saturated heterocycles. The Morgan fingerprint density at radius 3 is 2.56 bits per heavy atom. The minimum Gasteiger partial charge on any atom is -0.497 e. The van der Waals surface area contributed by atoms with Gasteiger partial charge in [0.05, 0.1) is 20.0 Å².